The summed E-state index contributed by atoms with van der Waals surface area (Å²) in [6.45, 7) is 1.40. The maximum absolute atomic E-state index is 12.6. The van der Waals surface area contributed by atoms with Crippen molar-refractivity contribution in [2.24, 2.45) is 0 Å². The van der Waals surface area contributed by atoms with Crippen LogP contribution in [0.2, 0.25) is 5.02 Å². The van der Waals surface area contributed by atoms with E-state index in [4.69, 9.17) is 21.3 Å². The number of nitrogens with zero attached hydrogens (tertiary/aromatic N) is 1. The van der Waals surface area contributed by atoms with Crippen LogP contribution in [0.25, 0.3) is 10.2 Å². The van der Waals surface area contributed by atoms with Gasteiger partial charge in [0, 0.05) is 18.5 Å². The number of hydrogen-bond acceptors (Lipinski definition) is 4. The number of fused-ring (bicyclic) bond motifs is 1. The molecule has 140 valence electrons. The van der Waals surface area contributed by atoms with E-state index in [1.54, 1.807) is 36.6 Å². The minimum absolute atomic E-state index is 0.0146. The number of thiazole rings is 1. The van der Waals surface area contributed by atoms with E-state index in [0.29, 0.717) is 23.0 Å². The second kappa shape index (κ2) is 7.84. The topological polar surface area (TPSA) is 55.7 Å². The lowest BCUT2D eigenvalue weighted by Crippen LogP contribution is -3.11. The molecule has 1 saturated heterocycles. The zero-order chi connectivity index (χ0) is 18.8. The average Bonchev–Trinajstić information content (AvgIpc) is 3.27. The van der Waals surface area contributed by atoms with Crippen molar-refractivity contribution >= 4 is 44.7 Å². The van der Waals surface area contributed by atoms with Crippen LogP contribution in [-0.4, -0.2) is 31.1 Å². The number of methoxy groups -OCH3 is 1. The van der Waals surface area contributed by atoms with Crippen molar-refractivity contribution in [1.82, 2.24) is 4.98 Å². The van der Waals surface area contributed by atoms with Crippen molar-refractivity contribution in [3.05, 3.63) is 52.5 Å². The molecule has 4 rings (SSSR count). The maximum atomic E-state index is 12.6. The van der Waals surface area contributed by atoms with Gasteiger partial charge >= 0.3 is 0 Å². The van der Waals surface area contributed by atoms with Gasteiger partial charge in [-0.3, -0.25) is 4.79 Å². The monoisotopic (exact) mass is 402 g/mol. The van der Waals surface area contributed by atoms with Gasteiger partial charge in [-0.15, -0.1) is 11.3 Å². The van der Waals surface area contributed by atoms with Crippen molar-refractivity contribution < 1.29 is 14.4 Å². The minimum atomic E-state index is -0.0146. The summed E-state index contributed by atoms with van der Waals surface area (Å²) < 4.78 is 6.35. The Bertz CT molecular complexity index is 942. The fourth-order valence-electron chi connectivity index (χ4n) is 3.62. The molecule has 2 aromatic carbocycles. The third-order valence-electron chi connectivity index (χ3n) is 4.92. The maximum Gasteiger partial charge on any atom is 0.279 e. The van der Waals surface area contributed by atoms with Gasteiger partial charge in [0.25, 0.3) is 5.91 Å². The number of nitrogens with one attached hydrogen (secondary N) is 2. The molecular weight excluding hydrogens is 382 g/mol. The number of benzene rings is 2. The Kier molecular flexibility index (Phi) is 5.29. The number of anilines is 1. The molecule has 2 N–H and O–H groups in total. The van der Waals surface area contributed by atoms with Gasteiger partial charge in [0.2, 0.25) is 0 Å². The predicted octanol–water partition coefficient (Wildman–Crippen LogP) is 3.32. The van der Waals surface area contributed by atoms with Gasteiger partial charge in [-0.1, -0.05) is 23.7 Å². The Hall–Kier alpha value is -2.15. The van der Waals surface area contributed by atoms with E-state index in [-0.39, 0.29) is 11.9 Å². The van der Waals surface area contributed by atoms with Crippen molar-refractivity contribution in [2.75, 3.05) is 25.5 Å². The summed E-state index contributed by atoms with van der Waals surface area (Å²) in [6, 6.07) is 13.7. The Balaban J connectivity index is 1.44. The summed E-state index contributed by atoms with van der Waals surface area (Å²) in [5, 5.41) is 4.55. The summed E-state index contributed by atoms with van der Waals surface area (Å²) in [7, 11) is 1.57. The van der Waals surface area contributed by atoms with Crippen LogP contribution in [0, 0.1) is 0 Å². The minimum Gasteiger partial charge on any atom is -0.495 e. The van der Waals surface area contributed by atoms with Gasteiger partial charge in [-0.25, -0.2) is 4.98 Å². The van der Waals surface area contributed by atoms with Crippen LogP contribution in [0.4, 0.5) is 5.69 Å². The van der Waals surface area contributed by atoms with Crippen LogP contribution in [0.5, 0.6) is 5.75 Å². The molecule has 2 heterocycles. The first kappa shape index (κ1) is 18.2. The normalized spacial score (nSPS) is 19.3. The van der Waals surface area contributed by atoms with E-state index in [0.717, 1.165) is 29.9 Å². The molecule has 1 aromatic heterocycles. The number of rotatable bonds is 5. The van der Waals surface area contributed by atoms with Gasteiger partial charge in [0.1, 0.15) is 11.8 Å². The first-order valence-corrected chi connectivity index (χ1v) is 10.2. The van der Waals surface area contributed by atoms with E-state index in [2.05, 4.69) is 11.4 Å². The molecule has 5 nitrogen and oxygen atoms in total. The molecule has 0 aliphatic carbocycles. The fraction of sp³-hybridized carbons (Fsp3) is 0.300. The highest BCUT2D eigenvalue weighted by molar-refractivity contribution is 7.18. The molecule has 0 bridgehead atoms. The molecule has 27 heavy (non-hydrogen) atoms. The predicted molar refractivity (Wildman–Crippen MR) is 109 cm³/mol. The van der Waals surface area contributed by atoms with Gasteiger partial charge in [0.05, 0.1) is 28.9 Å². The van der Waals surface area contributed by atoms with E-state index in [1.165, 1.54) is 9.60 Å². The molecule has 7 heteroatoms. The summed E-state index contributed by atoms with van der Waals surface area (Å²) >= 11 is 7.88. The number of para-hydroxylation sites is 1. The molecule has 3 aromatic rings. The van der Waals surface area contributed by atoms with Crippen molar-refractivity contribution in [1.29, 1.82) is 0 Å². The van der Waals surface area contributed by atoms with Crippen LogP contribution >= 0.6 is 22.9 Å². The number of carbonyl (C=O) groups is 1. The summed E-state index contributed by atoms with van der Waals surface area (Å²) in [4.78, 5) is 18.6. The van der Waals surface area contributed by atoms with Crippen LogP contribution in [0.3, 0.4) is 0 Å². The zero-order valence-electron chi connectivity index (χ0n) is 15.0. The summed E-state index contributed by atoms with van der Waals surface area (Å²) in [5.41, 5.74) is 1.72. The second-order valence-corrected chi connectivity index (χ2v) is 8.17. The lowest BCUT2D eigenvalue weighted by atomic mass is 10.2. The molecule has 0 spiro atoms. The van der Waals surface area contributed by atoms with Crippen LogP contribution in [0.15, 0.2) is 42.5 Å². The van der Waals surface area contributed by atoms with Gasteiger partial charge in [0.15, 0.2) is 11.6 Å². The first-order chi connectivity index (χ1) is 13.1. The van der Waals surface area contributed by atoms with Gasteiger partial charge in [-0.05, 0) is 30.3 Å². The first-order valence-electron chi connectivity index (χ1n) is 8.97. The number of ether oxygens (including phenoxy) is 1. The molecule has 1 fully saturated rings. The lowest BCUT2D eigenvalue weighted by Gasteiger charge is -2.19. The zero-order valence-corrected chi connectivity index (χ0v) is 16.6. The average molecular weight is 403 g/mol. The van der Waals surface area contributed by atoms with Gasteiger partial charge in [-0.2, -0.15) is 0 Å². The number of halogens is 1. The quantitative estimate of drug-likeness (QED) is 0.688. The highest BCUT2D eigenvalue weighted by Gasteiger charge is 2.34. The molecule has 0 saturated carbocycles. The van der Waals surface area contributed by atoms with E-state index in [9.17, 15) is 4.79 Å². The Labute approximate surface area is 166 Å². The Morgan fingerprint density at radius 2 is 2.22 bits per heavy atom. The number of aromatic nitrogens is 1. The van der Waals surface area contributed by atoms with Crippen LogP contribution in [-0.2, 0) is 4.79 Å². The number of amides is 1. The van der Waals surface area contributed by atoms with Crippen molar-refractivity contribution in [3.63, 3.8) is 0 Å². The van der Waals surface area contributed by atoms with Crippen molar-refractivity contribution in [2.45, 2.75) is 18.9 Å². The summed E-state index contributed by atoms with van der Waals surface area (Å²) in [6.07, 6.45) is 2.17. The SMILES string of the molecule is COc1ccc(NC(=O)C[NH+]2CCC[C@@H]2c2nc3ccccc3s2)cc1Cl. The third-order valence-corrected chi connectivity index (χ3v) is 6.36. The largest absolute Gasteiger partial charge is 0.495 e. The van der Waals surface area contributed by atoms with E-state index < -0.39 is 0 Å². The molecular formula is C20H21ClN3O2S+. The highest BCUT2D eigenvalue weighted by Crippen LogP contribution is 2.29. The molecule has 1 amide bonds. The van der Waals surface area contributed by atoms with E-state index >= 15 is 0 Å². The van der Waals surface area contributed by atoms with Gasteiger partial charge < -0.3 is 15.0 Å². The number of likely N-dealkylation sites (tertiary alicyclic amines) is 1. The fourth-order valence-corrected chi connectivity index (χ4v) is 5.03. The van der Waals surface area contributed by atoms with Crippen LogP contribution in [0.1, 0.15) is 23.9 Å². The number of quaternary nitrogens is 1. The number of hydrogen-bond donors (Lipinski definition) is 2. The van der Waals surface area contributed by atoms with E-state index in [1.807, 2.05) is 18.2 Å². The third kappa shape index (κ3) is 3.93. The lowest BCUT2D eigenvalue weighted by molar-refractivity contribution is -0.910. The van der Waals surface area contributed by atoms with Crippen LogP contribution < -0.4 is 15.0 Å². The highest BCUT2D eigenvalue weighted by atomic mass is 35.5. The molecule has 2 atom stereocenters. The Morgan fingerprint density at radius 3 is 3.00 bits per heavy atom. The Morgan fingerprint density at radius 1 is 1.37 bits per heavy atom. The summed E-state index contributed by atoms with van der Waals surface area (Å²) in [5.74, 6) is 0.579. The molecule has 1 aliphatic heterocycles. The smallest absolute Gasteiger partial charge is 0.279 e. The standard InChI is InChI=1S/C20H20ClN3O2S/c1-26-17-9-8-13(11-14(17)21)22-19(25)12-24-10-4-6-16(24)20-23-15-5-2-3-7-18(15)27-20/h2-3,5,7-9,11,16H,4,6,10,12H2,1H3,(H,22,25)/p+1/t16-/m1/s1. The van der Waals surface area contributed by atoms with Crippen molar-refractivity contribution in [3.8, 4) is 5.75 Å². The molecule has 1 unspecified atom stereocenters. The number of carbonyl (C=O) groups excluding carboxylic acids is 1. The molecule has 1 aliphatic rings. The second-order valence-electron chi connectivity index (χ2n) is 6.70. The molecule has 0 radical (unpaired) electrons.